The number of unbranched alkanes of at least 4 members (excludes halogenated alkanes) is 2. The fourth-order valence-corrected chi connectivity index (χ4v) is 10.6. The molecule has 4 aromatic carbocycles. The van der Waals surface area contributed by atoms with Crippen molar-refractivity contribution in [2.45, 2.75) is 111 Å². The SMILES string of the molecule is COc1cc2c(cc1OCCCOc1cc3c(cc1C)C(=O)N1C=C(c4ccc(C(=O)O)cc4)C[C@H]1C=N3)N=C[C@@H]1CC(c3ccc(NC(=O)C(C)CC(=O)C(NC(=O)CCCCCN4C(=O)CC(C)C4=O)C(C)C)cc3)=CN1C2=O. The number of aromatic carboxylic acids is 1. The van der Waals surface area contributed by atoms with Gasteiger partial charge in [-0.2, -0.15) is 0 Å². The van der Waals surface area contributed by atoms with Gasteiger partial charge >= 0.3 is 5.97 Å². The van der Waals surface area contributed by atoms with Crippen molar-refractivity contribution < 1.29 is 57.7 Å². The van der Waals surface area contributed by atoms with Crippen LogP contribution in [0.25, 0.3) is 11.1 Å². The number of imide groups is 1. The molecule has 6 amide bonds. The van der Waals surface area contributed by atoms with E-state index in [1.807, 2.05) is 45.3 Å². The molecule has 0 saturated carbocycles. The van der Waals surface area contributed by atoms with Crippen molar-refractivity contribution in [3.05, 3.63) is 119 Å². The van der Waals surface area contributed by atoms with Gasteiger partial charge in [-0.3, -0.25) is 48.4 Å². The van der Waals surface area contributed by atoms with Crippen LogP contribution >= 0.6 is 0 Å². The van der Waals surface area contributed by atoms with Gasteiger partial charge in [-0.1, -0.05) is 58.4 Å². The van der Waals surface area contributed by atoms with Gasteiger partial charge < -0.3 is 39.8 Å². The van der Waals surface area contributed by atoms with Crippen molar-refractivity contribution in [2.75, 3.05) is 32.2 Å². The molecule has 0 aliphatic carbocycles. The summed E-state index contributed by atoms with van der Waals surface area (Å²) in [6.07, 6.45) is 10.9. The molecule has 81 heavy (non-hydrogen) atoms. The third kappa shape index (κ3) is 12.8. The van der Waals surface area contributed by atoms with E-state index in [-0.39, 0.29) is 96.6 Å². The number of methoxy groups -OCH3 is 1. The zero-order valence-corrected chi connectivity index (χ0v) is 46.4. The highest BCUT2D eigenvalue weighted by Gasteiger charge is 2.37. The highest BCUT2D eigenvalue weighted by molar-refractivity contribution is 6.07. The summed E-state index contributed by atoms with van der Waals surface area (Å²) >= 11 is 0. The van der Waals surface area contributed by atoms with Crippen LogP contribution < -0.4 is 24.8 Å². The third-order valence-corrected chi connectivity index (χ3v) is 15.3. The van der Waals surface area contributed by atoms with Crippen molar-refractivity contribution in [1.82, 2.24) is 20.0 Å². The minimum Gasteiger partial charge on any atom is -0.493 e. The standard InChI is InChI=1S/C62H67N7O12/c1-35(2)57(66-55(71)11-8-7-9-20-67-56(72)25-38(5)59(67)74)51(70)24-37(4)58(73)65-44-18-16-40(17-19-44)43-27-46-32-64-50-30-54(53(79-6)28-48(50)61(76)69(46)34-43)81-22-10-21-80-52-29-49-47(23-36(52)3)60(75)68-33-42(26-45(68)31-63-49)39-12-14-41(15-13-39)62(77)78/h12-19,23,28-35,37-38,45-46,57H,7-11,20-22,24-27H2,1-6H3,(H,65,73)(H,66,71)(H,77,78)/t37?,38?,45-,46-,57?/m0/s1. The molecule has 3 unspecified atom stereocenters. The maximum absolute atomic E-state index is 14.1. The first-order chi connectivity index (χ1) is 38.9. The summed E-state index contributed by atoms with van der Waals surface area (Å²) in [6, 6.07) is 19.4. The maximum Gasteiger partial charge on any atom is 0.335 e. The Kier molecular flexibility index (Phi) is 17.4. The number of carboxylic acids is 1. The summed E-state index contributed by atoms with van der Waals surface area (Å²) in [4.78, 5) is 117. The highest BCUT2D eigenvalue weighted by Crippen LogP contribution is 2.41. The Hall–Kier alpha value is -8.74. The van der Waals surface area contributed by atoms with Crippen LogP contribution in [-0.4, -0.2) is 124 Å². The summed E-state index contributed by atoms with van der Waals surface area (Å²) < 4.78 is 18.0. The Bertz CT molecular complexity index is 3290. The quantitative estimate of drug-likeness (QED) is 0.0465. The Balaban J connectivity index is 0.730. The predicted octanol–water partition coefficient (Wildman–Crippen LogP) is 9.12. The molecule has 0 bridgehead atoms. The molecule has 4 aromatic rings. The van der Waals surface area contributed by atoms with E-state index in [1.54, 1.807) is 96.7 Å². The van der Waals surface area contributed by atoms with E-state index >= 15 is 0 Å². The average molecular weight is 1100 g/mol. The lowest BCUT2D eigenvalue weighted by Gasteiger charge is -2.23. The molecule has 0 aromatic heterocycles. The van der Waals surface area contributed by atoms with Gasteiger partial charge in [-0.25, -0.2) is 4.79 Å². The van der Waals surface area contributed by atoms with Gasteiger partial charge in [0.25, 0.3) is 11.8 Å². The fourth-order valence-electron chi connectivity index (χ4n) is 10.6. The second kappa shape index (κ2) is 24.7. The number of carbonyl (C=O) groups excluding carboxylic acids is 7. The molecule has 19 nitrogen and oxygen atoms in total. The van der Waals surface area contributed by atoms with E-state index in [9.17, 15) is 43.5 Å². The number of amides is 6. The minimum absolute atomic E-state index is 0.0666. The molecule has 5 aliphatic heterocycles. The fraction of sp³-hybridized carbons (Fsp3) is 0.387. The van der Waals surface area contributed by atoms with Gasteiger partial charge in [0.2, 0.25) is 23.6 Å². The summed E-state index contributed by atoms with van der Waals surface area (Å²) in [5.74, 6) is -2.36. The van der Waals surface area contributed by atoms with Gasteiger partial charge in [0.05, 0.1) is 66.5 Å². The number of nitrogens with one attached hydrogen (secondary N) is 2. The van der Waals surface area contributed by atoms with Gasteiger partial charge in [0.1, 0.15) is 5.75 Å². The van der Waals surface area contributed by atoms with Crippen LogP contribution in [0.2, 0.25) is 0 Å². The Morgan fingerprint density at radius 1 is 0.716 bits per heavy atom. The highest BCUT2D eigenvalue weighted by atomic mass is 16.5. The van der Waals surface area contributed by atoms with Crippen molar-refractivity contribution >= 4 is 87.8 Å². The molecule has 9 rings (SSSR count). The number of nitrogens with zero attached hydrogens (tertiary/aromatic N) is 5. The van der Waals surface area contributed by atoms with E-state index in [0.29, 0.717) is 97.1 Å². The molecule has 3 N–H and O–H groups in total. The van der Waals surface area contributed by atoms with Crippen LogP contribution in [0.4, 0.5) is 17.1 Å². The monoisotopic (exact) mass is 1100 g/mol. The van der Waals surface area contributed by atoms with Gasteiger partial charge in [-0.05, 0) is 89.9 Å². The third-order valence-electron chi connectivity index (χ3n) is 15.3. The van der Waals surface area contributed by atoms with Crippen molar-refractivity contribution in [3.8, 4) is 17.2 Å². The minimum atomic E-state index is -0.999. The number of hydrogen-bond acceptors (Lipinski definition) is 13. The van der Waals surface area contributed by atoms with E-state index < -0.39 is 17.9 Å². The first-order valence-electron chi connectivity index (χ1n) is 27.6. The van der Waals surface area contributed by atoms with Gasteiger partial charge in [0, 0.05) is 99.6 Å². The predicted molar refractivity (Wildman–Crippen MR) is 304 cm³/mol. The number of ether oxygens (including phenoxy) is 3. The Morgan fingerprint density at radius 2 is 1.30 bits per heavy atom. The molecule has 1 fully saturated rings. The lowest BCUT2D eigenvalue weighted by molar-refractivity contribution is -0.139. The number of likely N-dealkylation sites (tertiary alicyclic amines) is 1. The Morgan fingerprint density at radius 3 is 1.86 bits per heavy atom. The molecular formula is C62H67N7O12. The molecule has 0 radical (unpaired) electrons. The van der Waals surface area contributed by atoms with Crippen molar-refractivity contribution in [3.63, 3.8) is 0 Å². The number of fused-ring (bicyclic) bond motifs is 4. The van der Waals surface area contributed by atoms with E-state index in [0.717, 1.165) is 27.8 Å². The maximum atomic E-state index is 14.1. The number of carbonyl (C=O) groups is 8. The summed E-state index contributed by atoms with van der Waals surface area (Å²) in [5.41, 5.74) is 6.78. The van der Waals surface area contributed by atoms with Gasteiger partial charge in [-0.15, -0.1) is 0 Å². The van der Waals surface area contributed by atoms with Crippen LogP contribution in [0.15, 0.2) is 95.2 Å². The molecule has 5 atom stereocenters. The molecule has 0 spiro atoms. The van der Waals surface area contributed by atoms with Crippen LogP contribution in [-0.2, 0) is 24.0 Å². The number of aliphatic imine (C=N–C) groups is 2. The zero-order valence-electron chi connectivity index (χ0n) is 46.4. The number of benzene rings is 4. The zero-order chi connectivity index (χ0) is 57.6. The molecular weight excluding hydrogens is 1030 g/mol. The summed E-state index contributed by atoms with van der Waals surface area (Å²) in [5, 5.41) is 15.0. The average Bonchev–Trinajstić information content (AvgIpc) is 4.16. The van der Waals surface area contributed by atoms with Crippen molar-refractivity contribution in [1.29, 1.82) is 0 Å². The molecule has 19 heteroatoms. The summed E-state index contributed by atoms with van der Waals surface area (Å²) in [7, 11) is 1.51. The number of anilines is 1. The number of rotatable bonds is 23. The molecule has 5 aliphatic rings. The van der Waals surface area contributed by atoms with Crippen LogP contribution in [0.5, 0.6) is 17.2 Å². The number of carboxylic acid groups (broad SMARTS) is 1. The molecule has 422 valence electrons. The van der Waals surface area contributed by atoms with E-state index in [2.05, 4.69) is 15.6 Å². The molecule has 1 saturated heterocycles. The number of Topliss-reactive ketones (excluding diaryl/α,β-unsaturated/α-hetero) is 1. The summed E-state index contributed by atoms with van der Waals surface area (Å²) in [6.45, 7) is 9.89. The smallest absolute Gasteiger partial charge is 0.335 e. The van der Waals surface area contributed by atoms with Crippen molar-refractivity contribution in [2.24, 2.45) is 27.7 Å². The second-order valence-corrected chi connectivity index (χ2v) is 21.6. The number of hydrogen-bond donors (Lipinski definition) is 3. The topological polar surface area (TPSA) is 243 Å². The van der Waals surface area contributed by atoms with Crippen LogP contribution in [0.3, 0.4) is 0 Å². The van der Waals surface area contributed by atoms with Crippen LogP contribution in [0.1, 0.15) is 133 Å². The largest absolute Gasteiger partial charge is 0.493 e. The Labute approximate surface area is 470 Å². The normalized spacial score (nSPS) is 18.8. The first kappa shape index (κ1) is 57.0. The molecule has 5 heterocycles. The first-order valence-corrected chi connectivity index (χ1v) is 27.6. The van der Waals surface area contributed by atoms with E-state index in [1.165, 1.54) is 12.0 Å². The van der Waals surface area contributed by atoms with Gasteiger partial charge in [0.15, 0.2) is 17.3 Å². The lowest BCUT2D eigenvalue weighted by atomic mass is 9.92. The number of ketones is 1. The lowest BCUT2D eigenvalue weighted by Crippen LogP contribution is -2.45. The van der Waals surface area contributed by atoms with E-state index in [4.69, 9.17) is 19.2 Å². The second-order valence-electron chi connectivity index (χ2n) is 21.6. The number of aryl methyl sites for hydroxylation is 1. The van der Waals surface area contributed by atoms with Crippen LogP contribution in [0, 0.1) is 24.7 Å².